The van der Waals surface area contributed by atoms with Gasteiger partial charge in [0, 0.05) is 18.8 Å². The minimum atomic E-state index is 0.935. The van der Waals surface area contributed by atoms with Gasteiger partial charge in [0.25, 0.3) is 0 Å². The van der Waals surface area contributed by atoms with Crippen molar-refractivity contribution in [3.05, 3.63) is 29.8 Å². The van der Waals surface area contributed by atoms with Crippen LogP contribution in [0.15, 0.2) is 24.3 Å². The van der Waals surface area contributed by atoms with Crippen molar-refractivity contribution in [2.75, 3.05) is 25.4 Å². The van der Waals surface area contributed by atoms with Gasteiger partial charge in [0.2, 0.25) is 0 Å². The molecule has 0 bridgehead atoms. The Balaban J connectivity index is 1.82. The average molecular weight is 218 g/mol. The SMILES string of the molecule is CCN(CCc1ccccc1N)CC1CC1. The number of rotatable bonds is 6. The Labute approximate surface area is 98.4 Å². The van der Waals surface area contributed by atoms with Gasteiger partial charge in [-0.25, -0.2) is 0 Å². The van der Waals surface area contributed by atoms with Crippen LogP contribution in [0.4, 0.5) is 5.69 Å². The maximum atomic E-state index is 5.94. The van der Waals surface area contributed by atoms with Gasteiger partial charge in [0.15, 0.2) is 0 Å². The molecule has 0 heterocycles. The highest BCUT2D eigenvalue weighted by Gasteiger charge is 2.23. The van der Waals surface area contributed by atoms with Crippen molar-refractivity contribution < 1.29 is 0 Å². The lowest BCUT2D eigenvalue weighted by Gasteiger charge is -2.20. The topological polar surface area (TPSA) is 29.3 Å². The fraction of sp³-hybridized carbons (Fsp3) is 0.571. The number of nitrogen functional groups attached to an aromatic ring is 1. The van der Waals surface area contributed by atoms with E-state index < -0.39 is 0 Å². The number of hydrogen-bond donors (Lipinski definition) is 1. The molecule has 0 aromatic heterocycles. The summed E-state index contributed by atoms with van der Waals surface area (Å²) in [4.78, 5) is 2.55. The molecule has 1 saturated carbocycles. The third-order valence-electron chi connectivity index (χ3n) is 3.41. The Hall–Kier alpha value is -1.02. The van der Waals surface area contributed by atoms with E-state index in [1.807, 2.05) is 12.1 Å². The lowest BCUT2D eigenvalue weighted by atomic mass is 10.1. The van der Waals surface area contributed by atoms with E-state index in [4.69, 9.17) is 5.73 Å². The van der Waals surface area contributed by atoms with Gasteiger partial charge in [0.05, 0.1) is 0 Å². The van der Waals surface area contributed by atoms with E-state index in [2.05, 4.69) is 24.0 Å². The maximum Gasteiger partial charge on any atom is 0.0347 e. The van der Waals surface area contributed by atoms with E-state index in [-0.39, 0.29) is 0 Å². The zero-order valence-electron chi connectivity index (χ0n) is 10.2. The van der Waals surface area contributed by atoms with Crippen LogP contribution in [0.25, 0.3) is 0 Å². The zero-order chi connectivity index (χ0) is 11.4. The van der Waals surface area contributed by atoms with Crippen molar-refractivity contribution in [3.8, 4) is 0 Å². The summed E-state index contributed by atoms with van der Waals surface area (Å²) in [5.41, 5.74) is 8.17. The Morgan fingerprint density at radius 3 is 2.69 bits per heavy atom. The second kappa shape index (κ2) is 5.35. The lowest BCUT2D eigenvalue weighted by molar-refractivity contribution is 0.280. The predicted molar refractivity (Wildman–Crippen MR) is 69.4 cm³/mol. The molecule has 0 radical (unpaired) electrons. The number of nitrogens with zero attached hydrogens (tertiary/aromatic N) is 1. The average Bonchev–Trinajstić information content (AvgIpc) is 3.10. The van der Waals surface area contributed by atoms with Gasteiger partial charge in [-0.05, 0) is 43.4 Å². The number of para-hydroxylation sites is 1. The largest absolute Gasteiger partial charge is 0.399 e. The van der Waals surface area contributed by atoms with Crippen LogP contribution in [-0.4, -0.2) is 24.5 Å². The third-order valence-corrected chi connectivity index (χ3v) is 3.41. The van der Waals surface area contributed by atoms with E-state index in [1.54, 1.807) is 0 Å². The van der Waals surface area contributed by atoms with Crippen LogP contribution >= 0.6 is 0 Å². The highest BCUT2D eigenvalue weighted by molar-refractivity contribution is 5.46. The molecule has 2 nitrogen and oxygen atoms in total. The molecule has 0 amide bonds. The summed E-state index contributed by atoms with van der Waals surface area (Å²) in [5, 5.41) is 0. The monoisotopic (exact) mass is 218 g/mol. The Kier molecular flexibility index (Phi) is 3.83. The van der Waals surface area contributed by atoms with Gasteiger partial charge < -0.3 is 10.6 Å². The molecular weight excluding hydrogens is 196 g/mol. The molecule has 1 aliphatic rings. The first kappa shape index (κ1) is 11.5. The second-order valence-corrected chi connectivity index (χ2v) is 4.79. The molecule has 0 unspecified atom stereocenters. The van der Waals surface area contributed by atoms with Gasteiger partial charge in [-0.3, -0.25) is 0 Å². The molecule has 1 aromatic carbocycles. The van der Waals surface area contributed by atoms with Crippen molar-refractivity contribution in [3.63, 3.8) is 0 Å². The van der Waals surface area contributed by atoms with Crippen molar-refractivity contribution in [1.29, 1.82) is 0 Å². The highest BCUT2D eigenvalue weighted by Crippen LogP contribution is 2.29. The van der Waals surface area contributed by atoms with Crippen LogP contribution in [-0.2, 0) is 6.42 Å². The fourth-order valence-corrected chi connectivity index (χ4v) is 2.08. The van der Waals surface area contributed by atoms with E-state index in [0.29, 0.717) is 0 Å². The van der Waals surface area contributed by atoms with Gasteiger partial charge in [-0.15, -0.1) is 0 Å². The summed E-state index contributed by atoms with van der Waals surface area (Å²) < 4.78 is 0. The number of likely N-dealkylation sites (N-methyl/N-ethyl adjacent to an activating group) is 1. The molecule has 2 heteroatoms. The molecule has 88 valence electrons. The van der Waals surface area contributed by atoms with E-state index in [0.717, 1.165) is 31.1 Å². The zero-order valence-corrected chi connectivity index (χ0v) is 10.2. The molecule has 0 atom stereocenters. The van der Waals surface area contributed by atoms with E-state index in [9.17, 15) is 0 Å². The van der Waals surface area contributed by atoms with Crippen LogP contribution < -0.4 is 5.73 Å². The smallest absolute Gasteiger partial charge is 0.0347 e. The van der Waals surface area contributed by atoms with Gasteiger partial charge >= 0.3 is 0 Å². The van der Waals surface area contributed by atoms with Crippen LogP contribution in [0.1, 0.15) is 25.3 Å². The molecule has 1 aliphatic carbocycles. The summed E-state index contributed by atoms with van der Waals surface area (Å²) in [6.45, 7) is 5.82. The molecule has 2 rings (SSSR count). The summed E-state index contributed by atoms with van der Waals surface area (Å²) in [7, 11) is 0. The fourth-order valence-electron chi connectivity index (χ4n) is 2.08. The molecule has 0 spiro atoms. The van der Waals surface area contributed by atoms with Crippen molar-refractivity contribution in [2.24, 2.45) is 5.92 Å². The number of nitrogens with two attached hydrogens (primary N) is 1. The summed E-state index contributed by atoms with van der Waals surface area (Å²) in [5.74, 6) is 0.980. The second-order valence-electron chi connectivity index (χ2n) is 4.79. The van der Waals surface area contributed by atoms with Gasteiger partial charge in [-0.2, -0.15) is 0 Å². The summed E-state index contributed by atoms with van der Waals surface area (Å²) in [6, 6.07) is 8.20. The van der Waals surface area contributed by atoms with Gasteiger partial charge in [-0.1, -0.05) is 25.1 Å². The minimum Gasteiger partial charge on any atom is -0.399 e. The third kappa shape index (κ3) is 3.24. The van der Waals surface area contributed by atoms with Crippen LogP contribution in [0.3, 0.4) is 0 Å². The first-order valence-corrected chi connectivity index (χ1v) is 6.35. The Morgan fingerprint density at radius 1 is 1.31 bits per heavy atom. The lowest BCUT2D eigenvalue weighted by Crippen LogP contribution is -2.28. The summed E-state index contributed by atoms with van der Waals surface area (Å²) in [6.07, 6.45) is 3.95. The predicted octanol–water partition coefficient (Wildman–Crippen LogP) is 2.54. The first-order chi connectivity index (χ1) is 7.79. The molecule has 0 saturated heterocycles. The van der Waals surface area contributed by atoms with Crippen LogP contribution in [0.2, 0.25) is 0 Å². The van der Waals surface area contributed by atoms with Crippen molar-refractivity contribution in [2.45, 2.75) is 26.2 Å². The Morgan fingerprint density at radius 2 is 2.06 bits per heavy atom. The standard InChI is InChI=1S/C14H22N2/c1-2-16(11-12-7-8-12)10-9-13-5-3-4-6-14(13)15/h3-6,12H,2,7-11,15H2,1H3. The quantitative estimate of drug-likeness (QED) is 0.743. The van der Waals surface area contributed by atoms with Gasteiger partial charge in [0.1, 0.15) is 0 Å². The van der Waals surface area contributed by atoms with E-state index >= 15 is 0 Å². The van der Waals surface area contributed by atoms with E-state index in [1.165, 1.54) is 24.9 Å². The minimum absolute atomic E-state index is 0.935. The summed E-state index contributed by atoms with van der Waals surface area (Å²) >= 11 is 0. The number of anilines is 1. The first-order valence-electron chi connectivity index (χ1n) is 6.35. The number of hydrogen-bond acceptors (Lipinski definition) is 2. The van der Waals surface area contributed by atoms with Crippen LogP contribution in [0, 0.1) is 5.92 Å². The molecule has 2 N–H and O–H groups in total. The molecule has 1 aromatic rings. The molecular formula is C14H22N2. The highest BCUT2D eigenvalue weighted by atomic mass is 15.1. The van der Waals surface area contributed by atoms with Crippen LogP contribution in [0.5, 0.6) is 0 Å². The van der Waals surface area contributed by atoms with Crippen molar-refractivity contribution >= 4 is 5.69 Å². The normalized spacial score (nSPS) is 15.6. The number of benzene rings is 1. The van der Waals surface area contributed by atoms with Crippen molar-refractivity contribution in [1.82, 2.24) is 4.90 Å². The molecule has 1 fully saturated rings. The molecule has 16 heavy (non-hydrogen) atoms. The maximum absolute atomic E-state index is 5.94. The Bertz CT molecular complexity index is 331. The molecule has 0 aliphatic heterocycles.